The molecule has 2 atom stereocenters. The molecule has 2 fully saturated rings. The van der Waals surface area contributed by atoms with Gasteiger partial charge in [-0.15, -0.1) is 0 Å². The largest absolute Gasteiger partial charge is 0.489 e. The van der Waals surface area contributed by atoms with Gasteiger partial charge in [-0.25, -0.2) is 4.39 Å². The van der Waals surface area contributed by atoms with Crippen LogP contribution in [-0.2, 0) is 10.7 Å². The monoisotopic (exact) mass is 559 g/mol. The number of pyridine rings is 1. The van der Waals surface area contributed by atoms with E-state index in [2.05, 4.69) is 10.3 Å². The van der Waals surface area contributed by atoms with Crippen molar-refractivity contribution in [3.8, 4) is 17.0 Å². The molecule has 0 bridgehead atoms. The average molecular weight is 560 g/mol. The quantitative estimate of drug-likeness (QED) is 0.344. The molecule has 6 nitrogen and oxygen atoms in total. The fourth-order valence-electron chi connectivity index (χ4n) is 4.65. The topological polar surface area (TPSA) is 74.7 Å². The summed E-state index contributed by atoms with van der Waals surface area (Å²) in [7, 11) is 0. The highest BCUT2D eigenvalue weighted by molar-refractivity contribution is 6.32. The summed E-state index contributed by atoms with van der Waals surface area (Å²) < 4.78 is 49.5. The summed E-state index contributed by atoms with van der Waals surface area (Å²) in [6.45, 7) is 1.71. The van der Waals surface area contributed by atoms with Crippen molar-refractivity contribution in [2.75, 3.05) is 19.6 Å². The van der Waals surface area contributed by atoms with E-state index < -0.39 is 35.4 Å². The van der Waals surface area contributed by atoms with Gasteiger partial charge in [-0.3, -0.25) is 9.78 Å². The molecule has 0 spiro atoms. The van der Waals surface area contributed by atoms with Crippen molar-refractivity contribution in [3.05, 3.63) is 82.8 Å². The van der Waals surface area contributed by atoms with Gasteiger partial charge >= 0.3 is 5.92 Å². The first-order chi connectivity index (χ1) is 18.7. The number of aliphatic hydroxyl groups excluding tert-OH is 1. The van der Waals surface area contributed by atoms with Crippen molar-refractivity contribution in [1.29, 1.82) is 0 Å². The Morgan fingerprint density at radius 1 is 1.13 bits per heavy atom. The molecule has 5 rings (SSSR count). The number of amides is 1. The second-order valence-electron chi connectivity index (χ2n) is 10.1. The van der Waals surface area contributed by atoms with E-state index in [9.17, 15) is 14.3 Å². The Balaban J connectivity index is 1.33. The minimum Gasteiger partial charge on any atom is -0.489 e. The van der Waals surface area contributed by atoms with E-state index in [0.717, 1.165) is 57.1 Å². The Hall–Kier alpha value is -3.14. The number of benzene rings is 2. The average Bonchev–Trinajstić information content (AvgIpc) is 3.61. The number of hydrogen-bond donors (Lipinski definition) is 2. The molecule has 0 unspecified atom stereocenters. The van der Waals surface area contributed by atoms with Crippen molar-refractivity contribution in [2.45, 2.75) is 49.9 Å². The molecule has 1 saturated heterocycles. The fourth-order valence-corrected chi connectivity index (χ4v) is 4.88. The summed E-state index contributed by atoms with van der Waals surface area (Å²) in [5, 5.41) is 13.9. The number of hydrogen-bond acceptors (Lipinski definition) is 5. The van der Waals surface area contributed by atoms with Gasteiger partial charge in [-0.2, -0.15) is 8.78 Å². The van der Waals surface area contributed by atoms with Crippen molar-refractivity contribution in [1.82, 2.24) is 15.2 Å². The Labute approximate surface area is 229 Å². The Bertz CT molecular complexity index is 1300. The molecular formula is C29H29ClF3N3O3. The van der Waals surface area contributed by atoms with Gasteiger partial charge in [0.1, 0.15) is 17.7 Å². The molecular weight excluding hydrogens is 531 g/mol. The van der Waals surface area contributed by atoms with E-state index in [0.29, 0.717) is 27.6 Å². The number of aromatic nitrogens is 1. The normalized spacial score (nSPS) is 17.6. The lowest BCUT2D eigenvalue weighted by Gasteiger charge is -2.30. The van der Waals surface area contributed by atoms with Crippen LogP contribution in [0, 0.1) is 5.82 Å². The molecule has 10 heteroatoms. The molecule has 1 aliphatic heterocycles. The summed E-state index contributed by atoms with van der Waals surface area (Å²) in [5.41, 5.74) is 0.803. The molecule has 3 aromatic rings. The third-order valence-corrected chi connectivity index (χ3v) is 7.32. The van der Waals surface area contributed by atoms with Gasteiger partial charge in [0, 0.05) is 17.7 Å². The summed E-state index contributed by atoms with van der Waals surface area (Å²) in [4.78, 5) is 18.9. The summed E-state index contributed by atoms with van der Waals surface area (Å²) in [6, 6.07) is 11.6. The summed E-state index contributed by atoms with van der Waals surface area (Å²) in [6.07, 6.45) is 3.75. The molecule has 2 aliphatic rings. The number of aliphatic hydroxyl groups is 1. The van der Waals surface area contributed by atoms with Crippen molar-refractivity contribution in [2.24, 2.45) is 0 Å². The smallest absolute Gasteiger partial charge is 0.349 e. The SMILES string of the molecule is O=C(N[C@H](CN1CCCC1)[C@H](O)c1ccc(OC2CC2)c(Cl)c1)C(F)(F)c1ccc(-c2ccc(F)cn2)cc1. The zero-order chi connectivity index (χ0) is 27.6. The lowest BCUT2D eigenvalue weighted by atomic mass is 9.99. The second kappa shape index (κ2) is 11.5. The number of nitrogens with one attached hydrogen (secondary N) is 1. The number of likely N-dealkylation sites (tertiary alicyclic amines) is 1. The highest BCUT2D eigenvalue weighted by atomic mass is 35.5. The maximum Gasteiger partial charge on any atom is 0.349 e. The standard InChI is InChI=1S/C29H29ClF3N3O3/c30-23-15-19(5-12-26(23)39-22-9-10-22)27(37)25(17-36-13-1-2-14-36)35-28(38)29(32,33)20-6-3-18(4-7-20)24-11-8-21(31)16-34-24/h3-8,11-12,15-16,22,25,27,37H,1-2,9-10,13-14,17H2,(H,35,38)/t25-,27-/m1/s1. The lowest BCUT2D eigenvalue weighted by molar-refractivity contribution is -0.149. The van der Waals surface area contributed by atoms with Crippen LogP contribution in [-0.4, -0.2) is 52.7 Å². The van der Waals surface area contributed by atoms with E-state index in [1.807, 2.05) is 4.90 Å². The molecule has 206 valence electrons. The molecule has 2 aromatic carbocycles. The van der Waals surface area contributed by atoms with Crippen LogP contribution < -0.4 is 10.1 Å². The Morgan fingerprint density at radius 2 is 1.85 bits per heavy atom. The number of rotatable bonds is 10. The molecule has 1 saturated carbocycles. The van der Waals surface area contributed by atoms with Crippen LogP contribution in [0.5, 0.6) is 5.75 Å². The minimum absolute atomic E-state index is 0.142. The summed E-state index contributed by atoms with van der Waals surface area (Å²) >= 11 is 6.37. The third kappa shape index (κ3) is 6.54. The summed E-state index contributed by atoms with van der Waals surface area (Å²) in [5.74, 6) is -5.38. The van der Waals surface area contributed by atoms with Gasteiger partial charge in [0.2, 0.25) is 0 Å². The molecule has 0 radical (unpaired) electrons. The number of ether oxygens (including phenoxy) is 1. The first-order valence-corrected chi connectivity index (χ1v) is 13.4. The van der Waals surface area contributed by atoms with Gasteiger partial charge < -0.3 is 20.1 Å². The van der Waals surface area contributed by atoms with Crippen LogP contribution in [0.15, 0.2) is 60.8 Å². The van der Waals surface area contributed by atoms with Gasteiger partial charge in [0.05, 0.1) is 29.1 Å². The van der Waals surface area contributed by atoms with Crippen LogP contribution in [0.25, 0.3) is 11.3 Å². The predicted octanol–water partition coefficient (Wildman–Crippen LogP) is 5.49. The fraction of sp³-hybridized carbons (Fsp3) is 0.379. The predicted molar refractivity (Wildman–Crippen MR) is 141 cm³/mol. The van der Waals surface area contributed by atoms with E-state index in [4.69, 9.17) is 16.3 Å². The highest BCUT2D eigenvalue weighted by Crippen LogP contribution is 2.35. The van der Waals surface area contributed by atoms with Crippen molar-refractivity contribution < 1.29 is 27.8 Å². The third-order valence-electron chi connectivity index (χ3n) is 7.02. The second-order valence-corrected chi connectivity index (χ2v) is 10.5. The molecule has 2 N–H and O–H groups in total. The molecule has 39 heavy (non-hydrogen) atoms. The van der Waals surface area contributed by atoms with Gasteiger partial charge in [-0.05, 0) is 68.6 Å². The maximum absolute atomic E-state index is 15.3. The molecule has 2 heterocycles. The number of carbonyl (C=O) groups excluding carboxylic acids is 1. The zero-order valence-corrected chi connectivity index (χ0v) is 21.9. The molecule has 1 amide bonds. The van der Waals surface area contributed by atoms with Gasteiger partial charge in [0.25, 0.3) is 5.91 Å². The van der Waals surface area contributed by atoms with Crippen LogP contribution in [0.4, 0.5) is 13.2 Å². The minimum atomic E-state index is -3.86. The number of alkyl halides is 2. The Morgan fingerprint density at radius 3 is 2.46 bits per heavy atom. The molecule has 1 aliphatic carbocycles. The van der Waals surface area contributed by atoms with Crippen LogP contribution in [0.1, 0.15) is 42.9 Å². The van der Waals surface area contributed by atoms with Gasteiger partial charge in [0.15, 0.2) is 0 Å². The zero-order valence-electron chi connectivity index (χ0n) is 21.1. The first kappa shape index (κ1) is 27.4. The van der Waals surface area contributed by atoms with Crippen LogP contribution in [0.3, 0.4) is 0 Å². The highest BCUT2D eigenvalue weighted by Gasteiger charge is 2.43. The van der Waals surface area contributed by atoms with E-state index in [-0.39, 0.29) is 12.6 Å². The number of halogens is 4. The number of carbonyl (C=O) groups is 1. The number of nitrogens with zero attached hydrogens (tertiary/aromatic N) is 2. The van der Waals surface area contributed by atoms with Crippen LogP contribution in [0.2, 0.25) is 5.02 Å². The molecule has 1 aromatic heterocycles. The van der Waals surface area contributed by atoms with Crippen LogP contribution >= 0.6 is 11.6 Å². The Kier molecular flexibility index (Phi) is 8.11. The van der Waals surface area contributed by atoms with E-state index in [1.165, 1.54) is 24.3 Å². The van der Waals surface area contributed by atoms with Crippen molar-refractivity contribution >= 4 is 17.5 Å². The lowest BCUT2D eigenvalue weighted by Crippen LogP contribution is -2.50. The maximum atomic E-state index is 15.3. The first-order valence-electron chi connectivity index (χ1n) is 13.0. The van der Waals surface area contributed by atoms with E-state index >= 15 is 8.78 Å². The van der Waals surface area contributed by atoms with Crippen molar-refractivity contribution in [3.63, 3.8) is 0 Å². The van der Waals surface area contributed by atoms with E-state index in [1.54, 1.807) is 18.2 Å². The van der Waals surface area contributed by atoms with Gasteiger partial charge in [-0.1, -0.05) is 41.9 Å².